The van der Waals surface area contributed by atoms with Gasteiger partial charge < -0.3 is 14.6 Å². The molecule has 0 bridgehead atoms. The molecule has 0 saturated heterocycles. The molecule has 0 radical (unpaired) electrons. The summed E-state index contributed by atoms with van der Waals surface area (Å²) in [5.74, 6) is 0.116. The van der Waals surface area contributed by atoms with E-state index in [0.717, 1.165) is 32.1 Å². The Kier molecular flexibility index (Phi) is 15.9. The van der Waals surface area contributed by atoms with Crippen molar-refractivity contribution in [2.45, 2.75) is 116 Å². The third-order valence-corrected chi connectivity index (χ3v) is 6.42. The molecule has 5 nitrogen and oxygen atoms in total. The van der Waals surface area contributed by atoms with E-state index in [1.54, 1.807) is 0 Å². The van der Waals surface area contributed by atoms with Gasteiger partial charge in [0.1, 0.15) is 6.10 Å². The summed E-state index contributed by atoms with van der Waals surface area (Å²) in [5, 5.41) is 10.2. The van der Waals surface area contributed by atoms with E-state index in [1.807, 2.05) is 18.2 Å². The number of allylic oxidation sites excluding steroid dienone is 3. The van der Waals surface area contributed by atoms with E-state index in [2.05, 4.69) is 13.0 Å². The normalized spacial score (nSPS) is 21.0. The molecule has 1 aliphatic carbocycles. The van der Waals surface area contributed by atoms with Crippen molar-refractivity contribution in [1.82, 2.24) is 0 Å². The molecular formula is C27H46O5. The van der Waals surface area contributed by atoms with Crippen LogP contribution < -0.4 is 0 Å². The Morgan fingerprint density at radius 2 is 1.72 bits per heavy atom. The number of ether oxygens (including phenoxy) is 2. The lowest BCUT2D eigenvalue weighted by atomic mass is 9.75. The third-order valence-electron chi connectivity index (χ3n) is 6.42. The van der Waals surface area contributed by atoms with Crippen LogP contribution in [0.4, 0.5) is 0 Å². The van der Waals surface area contributed by atoms with Crippen LogP contribution >= 0.6 is 0 Å². The SMILES string of the molecule is CCCCCCCCC(O)/C=C/C=C/[C@H]1CCCC[C@H]1C(CCCC(=O)OC)OC(C)=O. The molecule has 2 unspecified atom stereocenters. The average Bonchev–Trinajstić information content (AvgIpc) is 2.78. The minimum atomic E-state index is -0.389. The molecule has 1 saturated carbocycles. The summed E-state index contributed by atoms with van der Waals surface area (Å²) < 4.78 is 10.4. The molecule has 1 fully saturated rings. The molecule has 184 valence electrons. The van der Waals surface area contributed by atoms with Crippen LogP contribution in [0.25, 0.3) is 0 Å². The van der Waals surface area contributed by atoms with Gasteiger partial charge in [-0.25, -0.2) is 0 Å². The van der Waals surface area contributed by atoms with Gasteiger partial charge in [0, 0.05) is 19.3 Å². The minimum absolute atomic E-state index is 0.172. The number of carbonyl (C=O) groups excluding carboxylic acids is 2. The van der Waals surface area contributed by atoms with E-state index >= 15 is 0 Å². The average molecular weight is 451 g/mol. The van der Waals surface area contributed by atoms with Gasteiger partial charge >= 0.3 is 11.9 Å². The van der Waals surface area contributed by atoms with Crippen molar-refractivity contribution >= 4 is 11.9 Å². The fraction of sp³-hybridized carbons (Fsp3) is 0.778. The number of hydrogen-bond donors (Lipinski definition) is 1. The van der Waals surface area contributed by atoms with Crippen LogP contribution in [0.1, 0.15) is 104 Å². The molecule has 0 aromatic carbocycles. The van der Waals surface area contributed by atoms with Gasteiger partial charge in [-0.05, 0) is 38.0 Å². The lowest BCUT2D eigenvalue weighted by Crippen LogP contribution is -2.33. The van der Waals surface area contributed by atoms with Crippen LogP contribution in [-0.4, -0.2) is 36.4 Å². The summed E-state index contributed by atoms with van der Waals surface area (Å²) in [5.41, 5.74) is 0. The van der Waals surface area contributed by atoms with Gasteiger partial charge in [-0.15, -0.1) is 0 Å². The van der Waals surface area contributed by atoms with E-state index in [-0.39, 0.29) is 30.1 Å². The van der Waals surface area contributed by atoms with Gasteiger partial charge in [0.05, 0.1) is 13.2 Å². The Balaban J connectivity index is 2.53. The zero-order valence-corrected chi connectivity index (χ0v) is 20.6. The van der Waals surface area contributed by atoms with Gasteiger partial charge in [-0.2, -0.15) is 0 Å². The highest BCUT2D eigenvalue weighted by molar-refractivity contribution is 5.69. The predicted molar refractivity (Wildman–Crippen MR) is 129 cm³/mol. The lowest BCUT2D eigenvalue weighted by Gasteiger charge is -2.35. The summed E-state index contributed by atoms with van der Waals surface area (Å²) in [6, 6.07) is 0. The fourth-order valence-corrected chi connectivity index (χ4v) is 4.64. The quantitative estimate of drug-likeness (QED) is 0.170. The Labute approximate surface area is 195 Å². The van der Waals surface area contributed by atoms with Crippen LogP contribution in [0, 0.1) is 11.8 Å². The fourth-order valence-electron chi connectivity index (χ4n) is 4.64. The number of rotatable bonds is 16. The monoisotopic (exact) mass is 450 g/mol. The maximum atomic E-state index is 11.7. The van der Waals surface area contributed by atoms with Crippen LogP contribution in [0.2, 0.25) is 0 Å². The molecule has 0 amide bonds. The number of carbonyl (C=O) groups is 2. The Morgan fingerprint density at radius 1 is 1.00 bits per heavy atom. The number of unbranched alkanes of at least 4 members (excludes halogenated alkanes) is 5. The van der Waals surface area contributed by atoms with Crippen molar-refractivity contribution in [1.29, 1.82) is 0 Å². The van der Waals surface area contributed by atoms with Crippen molar-refractivity contribution in [2.24, 2.45) is 11.8 Å². The van der Waals surface area contributed by atoms with Crippen molar-refractivity contribution < 1.29 is 24.2 Å². The summed E-state index contributed by atoms with van der Waals surface area (Å²) in [7, 11) is 1.39. The van der Waals surface area contributed by atoms with Crippen molar-refractivity contribution in [2.75, 3.05) is 7.11 Å². The number of aliphatic hydroxyl groups excluding tert-OH is 1. The molecule has 0 spiro atoms. The van der Waals surface area contributed by atoms with Crippen LogP contribution in [0.3, 0.4) is 0 Å². The largest absolute Gasteiger partial charge is 0.469 e. The molecular weight excluding hydrogens is 404 g/mol. The number of methoxy groups -OCH3 is 1. The van der Waals surface area contributed by atoms with Crippen molar-refractivity contribution in [3.8, 4) is 0 Å². The molecule has 0 heterocycles. The standard InChI is InChI=1S/C27H46O5/c1-4-5-6-7-8-9-17-24(29)18-12-10-15-23-16-11-13-19-25(23)26(32-22(2)28)20-14-21-27(30)31-3/h10,12,15,18,23-26,29H,4-9,11,13-14,16-17,19-21H2,1-3H3/b15-10+,18-12+/t23-,24?,25+,26?/m0/s1. The summed E-state index contributed by atoms with van der Waals surface area (Å²) in [6.45, 7) is 3.67. The highest BCUT2D eigenvalue weighted by atomic mass is 16.5. The first-order valence-electron chi connectivity index (χ1n) is 12.7. The van der Waals surface area contributed by atoms with Gasteiger partial charge in [0.25, 0.3) is 0 Å². The summed E-state index contributed by atoms with van der Waals surface area (Å²) in [6.07, 6.45) is 21.8. The second-order valence-corrected chi connectivity index (χ2v) is 9.12. The number of hydrogen-bond acceptors (Lipinski definition) is 5. The van der Waals surface area contributed by atoms with Gasteiger partial charge in [-0.1, -0.05) is 82.6 Å². The Hall–Kier alpha value is -1.62. The van der Waals surface area contributed by atoms with E-state index in [0.29, 0.717) is 25.2 Å². The summed E-state index contributed by atoms with van der Waals surface area (Å²) in [4.78, 5) is 23.1. The number of esters is 2. The molecule has 0 aromatic rings. The minimum Gasteiger partial charge on any atom is -0.469 e. The number of aliphatic hydroxyl groups is 1. The predicted octanol–water partition coefficient (Wildman–Crippen LogP) is 6.29. The van der Waals surface area contributed by atoms with Crippen molar-refractivity contribution in [3.05, 3.63) is 24.3 Å². The first kappa shape index (κ1) is 28.4. The molecule has 4 atom stereocenters. The topological polar surface area (TPSA) is 72.8 Å². The molecule has 5 heteroatoms. The van der Waals surface area contributed by atoms with Gasteiger partial charge in [-0.3, -0.25) is 9.59 Å². The zero-order chi connectivity index (χ0) is 23.6. The zero-order valence-electron chi connectivity index (χ0n) is 20.6. The highest BCUT2D eigenvalue weighted by Crippen LogP contribution is 2.36. The Bertz CT molecular complexity index is 568. The lowest BCUT2D eigenvalue weighted by molar-refractivity contribution is -0.151. The smallest absolute Gasteiger partial charge is 0.305 e. The first-order valence-corrected chi connectivity index (χ1v) is 12.7. The van der Waals surface area contributed by atoms with E-state index < -0.39 is 0 Å². The second-order valence-electron chi connectivity index (χ2n) is 9.12. The molecule has 1 rings (SSSR count). The van der Waals surface area contributed by atoms with Crippen molar-refractivity contribution in [3.63, 3.8) is 0 Å². The molecule has 0 aliphatic heterocycles. The van der Waals surface area contributed by atoms with E-state index in [9.17, 15) is 14.7 Å². The second kappa shape index (κ2) is 17.9. The van der Waals surface area contributed by atoms with Crippen LogP contribution in [0.5, 0.6) is 0 Å². The molecule has 1 N–H and O–H groups in total. The molecule has 0 aromatic heterocycles. The van der Waals surface area contributed by atoms with Crippen LogP contribution in [-0.2, 0) is 19.1 Å². The van der Waals surface area contributed by atoms with Gasteiger partial charge in [0.2, 0.25) is 0 Å². The first-order chi connectivity index (χ1) is 15.5. The molecule has 1 aliphatic rings. The molecule has 32 heavy (non-hydrogen) atoms. The van der Waals surface area contributed by atoms with E-state index in [4.69, 9.17) is 9.47 Å². The van der Waals surface area contributed by atoms with E-state index in [1.165, 1.54) is 52.6 Å². The highest BCUT2D eigenvalue weighted by Gasteiger charge is 2.32. The third kappa shape index (κ3) is 13.0. The Morgan fingerprint density at radius 3 is 2.44 bits per heavy atom. The summed E-state index contributed by atoms with van der Waals surface area (Å²) >= 11 is 0. The van der Waals surface area contributed by atoms with Crippen LogP contribution in [0.15, 0.2) is 24.3 Å². The maximum Gasteiger partial charge on any atom is 0.305 e. The maximum absolute atomic E-state index is 11.7. The van der Waals surface area contributed by atoms with Gasteiger partial charge in [0.15, 0.2) is 0 Å².